The molecule has 0 unspecified atom stereocenters. The number of aryl methyl sites for hydroxylation is 1. The summed E-state index contributed by atoms with van der Waals surface area (Å²) >= 11 is 0. The van der Waals surface area contributed by atoms with Crippen LogP contribution in [0.2, 0.25) is 0 Å². The average molecular weight is 255 g/mol. The predicted molar refractivity (Wildman–Crippen MR) is 80.4 cm³/mol. The van der Waals surface area contributed by atoms with E-state index >= 15 is 0 Å². The number of methoxy groups -OCH3 is 1. The minimum Gasteiger partial charge on any atom is -0.381 e. The molecule has 0 aliphatic heterocycles. The third kappa shape index (κ3) is 3.58. The van der Waals surface area contributed by atoms with Crippen LogP contribution >= 0.6 is 0 Å². The van der Waals surface area contributed by atoms with Crippen LogP contribution < -0.4 is 5.32 Å². The zero-order valence-corrected chi connectivity index (χ0v) is 11.9. The summed E-state index contributed by atoms with van der Waals surface area (Å²) in [6.45, 7) is 5.83. The quantitative estimate of drug-likeness (QED) is 0.870. The van der Waals surface area contributed by atoms with Crippen LogP contribution in [0.3, 0.4) is 0 Å². The summed E-state index contributed by atoms with van der Waals surface area (Å²) in [6.07, 6.45) is 0. The highest BCUT2D eigenvalue weighted by molar-refractivity contribution is 5.47. The molecule has 0 saturated carbocycles. The SMILES string of the molecule is COCc1cccc(NCc2cccc(C)c2C)c1. The largest absolute Gasteiger partial charge is 0.381 e. The highest BCUT2D eigenvalue weighted by Crippen LogP contribution is 2.16. The molecule has 2 aromatic rings. The summed E-state index contributed by atoms with van der Waals surface area (Å²) in [5.74, 6) is 0. The molecule has 0 amide bonds. The van der Waals surface area contributed by atoms with Crippen molar-refractivity contribution in [1.82, 2.24) is 0 Å². The normalized spacial score (nSPS) is 10.5. The number of hydrogen-bond acceptors (Lipinski definition) is 2. The van der Waals surface area contributed by atoms with Gasteiger partial charge in [-0.1, -0.05) is 30.3 Å². The first-order chi connectivity index (χ1) is 9.20. The molecule has 19 heavy (non-hydrogen) atoms. The summed E-state index contributed by atoms with van der Waals surface area (Å²) < 4.78 is 5.15. The van der Waals surface area contributed by atoms with Crippen molar-refractivity contribution in [3.63, 3.8) is 0 Å². The molecule has 0 radical (unpaired) electrons. The minimum atomic E-state index is 0.652. The van der Waals surface area contributed by atoms with E-state index in [2.05, 4.69) is 61.6 Å². The predicted octanol–water partition coefficient (Wildman–Crippen LogP) is 4.06. The molecule has 0 aliphatic rings. The first-order valence-corrected chi connectivity index (χ1v) is 6.57. The van der Waals surface area contributed by atoms with Crippen molar-refractivity contribution >= 4 is 5.69 Å². The van der Waals surface area contributed by atoms with Crippen LogP contribution in [0.1, 0.15) is 22.3 Å². The van der Waals surface area contributed by atoms with Gasteiger partial charge in [0.1, 0.15) is 0 Å². The van der Waals surface area contributed by atoms with E-state index in [1.807, 2.05) is 0 Å². The van der Waals surface area contributed by atoms with E-state index in [-0.39, 0.29) is 0 Å². The van der Waals surface area contributed by atoms with Crippen molar-refractivity contribution in [3.05, 3.63) is 64.7 Å². The van der Waals surface area contributed by atoms with Gasteiger partial charge in [0, 0.05) is 19.3 Å². The summed E-state index contributed by atoms with van der Waals surface area (Å²) in [6, 6.07) is 14.8. The van der Waals surface area contributed by atoms with Gasteiger partial charge in [-0.2, -0.15) is 0 Å². The lowest BCUT2D eigenvalue weighted by Gasteiger charge is -2.11. The molecule has 1 N–H and O–H groups in total. The number of hydrogen-bond donors (Lipinski definition) is 1. The Morgan fingerprint density at radius 1 is 1.05 bits per heavy atom. The van der Waals surface area contributed by atoms with E-state index in [0.29, 0.717) is 6.61 Å². The van der Waals surface area contributed by atoms with E-state index < -0.39 is 0 Å². The van der Waals surface area contributed by atoms with E-state index in [1.54, 1.807) is 7.11 Å². The molecule has 0 bridgehead atoms. The van der Waals surface area contributed by atoms with Crippen LogP contribution in [0.4, 0.5) is 5.69 Å². The van der Waals surface area contributed by atoms with Crippen molar-refractivity contribution in [2.45, 2.75) is 27.0 Å². The van der Waals surface area contributed by atoms with Crippen molar-refractivity contribution in [2.24, 2.45) is 0 Å². The maximum atomic E-state index is 5.15. The maximum Gasteiger partial charge on any atom is 0.0713 e. The molecule has 0 atom stereocenters. The van der Waals surface area contributed by atoms with Crippen molar-refractivity contribution in [1.29, 1.82) is 0 Å². The lowest BCUT2D eigenvalue weighted by Crippen LogP contribution is -2.02. The van der Waals surface area contributed by atoms with E-state index in [9.17, 15) is 0 Å². The van der Waals surface area contributed by atoms with Gasteiger partial charge >= 0.3 is 0 Å². The van der Waals surface area contributed by atoms with E-state index in [0.717, 1.165) is 12.2 Å². The zero-order chi connectivity index (χ0) is 13.7. The number of benzene rings is 2. The van der Waals surface area contributed by atoms with Gasteiger partial charge in [-0.15, -0.1) is 0 Å². The first-order valence-electron chi connectivity index (χ1n) is 6.57. The molecule has 2 aromatic carbocycles. The Morgan fingerprint density at radius 2 is 1.84 bits per heavy atom. The Morgan fingerprint density at radius 3 is 2.63 bits per heavy atom. The summed E-state index contributed by atoms with van der Waals surface area (Å²) in [5.41, 5.74) is 6.37. The lowest BCUT2D eigenvalue weighted by atomic mass is 10.0. The lowest BCUT2D eigenvalue weighted by molar-refractivity contribution is 0.185. The number of nitrogens with one attached hydrogen (secondary N) is 1. The summed E-state index contributed by atoms with van der Waals surface area (Å²) in [7, 11) is 1.72. The third-order valence-corrected chi connectivity index (χ3v) is 3.44. The standard InChI is InChI=1S/C17H21NO/c1-13-6-4-8-16(14(13)2)11-18-17-9-5-7-15(10-17)12-19-3/h4-10,18H,11-12H2,1-3H3. The molecule has 0 fully saturated rings. The monoisotopic (exact) mass is 255 g/mol. The molecule has 2 rings (SSSR count). The van der Waals surface area contributed by atoms with Gasteiger partial charge in [0.25, 0.3) is 0 Å². The van der Waals surface area contributed by atoms with Crippen LogP contribution in [-0.4, -0.2) is 7.11 Å². The number of rotatable bonds is 5. The van der Waals surface area contributed by atoms with Crippen molar-refractivity contribution in [3.8, 4) is 0 Å². The molecule has 0 aromatic heterocycles. The molecular weight excluding hydrogens is 234 g/mol. The first kappa shape index (κ1) is 13.6. The Bertz CT molecular complexity index is 549. The fraction of sp³-hybridized carbons (Fsp3) is 0.294. The fourth-order valence-corrected chi connectivity index (χ4v) is 2.14. The molecule has 0 heterocycles. The molecule has 2 nitrogen and oxygen atoms in total. The Balaban J connectivity index is 2.06. The van der Waals surface area contributed by atoms with Crippen LogP contribution in [-0.2, 0) is 17.9 Å². The fourth-order valence-electron chi connectivity index (χ4n) is 2.14. The van der Waals surface area contributed by atoms with Crippen LogP contribution in [0.15, 0.2) is 42.5 Å². The second kappa shape index (κ2) is 6.39. The number of ether oxygens (including phenoxy) is 1. The van der Waals surface area contributed by atoms with Crippen LogP contribution in [0.5, 0.6) is 0 Å². The van der Waals surface area contributed by atoms with Crippen molar-refractivity contribution in [2.75, 3.05) is 12.4 Å². The van der Waals surface area contributed by atoms with Gasteiger partial charge in [0.15, 0.2) is 0 Å². The van der Waals surface area contributed by atoms with Gasteiger partial charge in [0.05, 0.1) is 6.61 Å². The summed E-state index contributed by atoms with van der Waals surface area (Å²) in [4.78, 5) is 0. The third-order valence-electron chi connectivity index (χ3n) is 3.44. The molecular formula is C17H21NO. The van der Waals surface area contributed by atoms with Gasteiger partial charge in [0.2, 0.25) is 0 Å². The maximum absolute atomic E-state index is 5.15. The van der Waals surface area contributed by atoms with Gasteiger partial charge < -0.3 is 10.1 Å². The van der Waals surface area contributed by atoms with Crippen molar-refractivity contribution < 1.29 is 4.74 Å². The number of anilines is 1. The van der Waals surface area contributed by atoms with Gasteiger partial charge in [-0.05, 0) is 48.2 Å². The Hall–Kier alpha value is -1.80. The zero-order valence-electron chi connectivity index (χ0n) is 11.9. The second-order valence-electron chi connectivity index (χ2n) is 4.85. The topological polar surface area (TPSA) is 21.3 Å². The minimum absolute atomic E-state index is 0.652. The van der Waals surface area contributed by atoms with Crippen LogP contribution in [0.25, 0.3) is 0 Å². The van der Waals surface area contributed by atoms with E-state index in [4.69, 9.17) is 4.74 Å². The molecule has 0 spiro atoms. The molecule has 2 heteroatoms. The molecule has 0 aliphatic carbocycles. The highest BCUT2D eigenvalue weighted by Gasteiger charge is 2.01. The highest BCUT2D eigenvalue weighted by atomic mass is 16.5. The summed E-state index contributed by atoms with van der Waals surface area (Å²) in [5, 5.41) is 3.47. The smallest absolute Gasteiger partial charge is 0.0713 e. The Kier molecular flexibility index (Phi) is 4.58. The Labute approximate surface area is 115 Å². The van der Waals surface area contributed by atoms with Gasteiger partial charge in [-0.3, -0.25) is 0 Å². The average Bonchev–Trinajstić information content (AvgIpc) is 2.41. The van der Waals surface area contributed by atoms with Gasteiger partial charge in [-0.25, -0.2) is 0 Å². The molecule has 100 valence electrons. The van der Waals surface area contributed by atoms with Crippen LogP contribution in [0, 0.1) is 13.8 Å². The molecule has 0 saturated heterocycles. The second-order valence-corrected chi connectivity index (χ2v) is 4.85. The van der Waals surface area contributed by atoms with E-state index in [1.165, 1.54) is 22.3 Å².